The zero-order chi connectivity index (χ0) is 10.0. The van der Waals surface area contributed by atoms with Gasteiger partial charge in [0.25, 0.3) is 0 Å². The van der Waals surface area contributed by atoms with Gasteiger partial charge in [-0.2, -0.15) is 0 Å². The van der Waals surface area contributed by atoms with Crippen LogP contribution in [0.1, 0.15) is 31.4 Å². The molecule has 0 saturated heterocycles. The molecule has 1 saturated carbocycles. The largest absolute Gasteiger partial charge is 0.480 e. The number of hydrogen-bond acceptors (Lipinski definition) is 4. The Kier molecular flexibility index (Phi) is 2.37. The molecular weight excluding hydrogens is 180 g/mol. The fourth-order valence-corrected chi connectivity index (χ4v) is 1.99. The number of aliphatic hydroxyl groups is 1. The molecule has 1 fully saturated rings. The molecule has 1 aromatic rings. The van der Waals surface area contributed by atoms with E-state index in [-0.39, 0.29) is 0 Å². The summed E-state index contributed by atoms with van der Waals surface area (Å²) >= 11 is 0. The van der Waals surface area contributed by atoms with E-state index in [1.54, 1.807) is 19.5 Å². The lowest BCUT2D eigenvalue weighted by Crippen LogP contribution is -2.23. The van der Waals surface area contributed by atoms with Crippen LogP contribution in [0.2, 0.25) is 0 Å². The molecule has 0 unspecified atom stereocenters. The number of aromatic nitrogens is 2. The van der Waals surface area contributed by atoms with Gasteiger partial charge in [-0.25, -0.2) is 4.98 Å². The van der Waals surface area contributed by atoms with Gasteiger partial charge < -0.3 is 9.84 Å². The molecule has 2 rings (SSSR count). The number of methoxy groups -OCH3 is 1. The third kappa shape index (κ3) is 1.46. The summed E-state index contributed by atoms with van der Waals surface area (Å²) < 4.78 is 5.09. The van der Waals surface area contributed by atoms with Crippen LogP contribution in [0.25, 0.3) is 0 Å². The maximum atomic E-state index is 10.3. The van der Waals surface area contributed by atoms with Crippen molar-refractivity contribution in [3.05, 3.63) is 18.1 Å². The molecule has 0 radical (unpaired) electrons. The fraction of sp³-hybridized carbons (Fsp3) is 0.600. The summed E-state index contributed by atoms with van der Waals surface area (Å²) in [4.78, 5) is 8.21. The van der Waals surface area contributed by atoms with Crippen LogP contribution in [0.4, 0.5) is 0 Å². The van der Waals surface area contributed by atoms with E-state index in [0.717, 1.165) is 25.7 Å². The van der Waals surface area contributed by atoms with Gasteiger partial charge in [0.05, 0.1) is 7.11 Å². The number of ether oxygens (including phenoxy) is 1. The molecule has 1 aromatic heterocycles. The molecule has 0 aromatic carbocycles. The Morgan fingerprint density at radius 3 is 2.57 bits per heavy atom. The van der Waals surface area contributed by atoms with E-state index < -0.39 is 5.60 Å². The molecular formula is C10H14N2O2. The molecule has 0 atom stereocenters. The monoisotopic (exact) mass is 194 g/mol. The average molecular weight is 194 g/mol. The molecule has 1 aliphatic carbocycles. The zero-order valence-corrected chi connectivity index (χ0v) is 8.23. The average Bonchev–Trinajstić information content (AvgIpc) is 2.66. The van der Waals surface area contributed by atoms with Gasteiger partial charge in [0.2, 0.25) is 5.88 Å². The van der Waals surface area contributed by atoms with Crippen LogP contribution in [-0.4, -0.2) is 22.2 Å². The van der Waals surface area contributed by atoms with Gasteiger partial charge in [-0.3, -0.25) is 4.98 Å². The Morgan fingerprint density at radius 1 is 1.29 bits per heavy atom. The first-order chi connectivity index (χ1) is 6.76. The number of hydrogen-bond donors (Lipinski definition) is 1. The van der Waals surface area contributed by atoms with Crippen molar-refractivity contribution in [2.75, 3.05) is 7.11 Å². The van der Waals surface area contributed by atoms with Crippen LogP contribution in [0.5, 0.6) is 5.88 Å². The van der Waals surface area contributed by atoms with Gasteiger partial charge in [0, 0.05) is 12.4 Å². The highest BCUT2D eigenvalue weighted by Crippen LogP contribution is 2.40. The van der Waals surface area contributed by atoms with Gasteiger partial charge in [-0.15, -0.1) is 0 Å². The quantitative estimate of drug-likeness (QED) is 0.769. The highest BCUT2D eigenvalue weighted by molar-refractivity contribution is 5.25. The van der Waals surface area contributed by atoms with Gasteiger partial charge in [-0.05, 0) is 12.8 Å². The first kappa shape index (κ1) is 9.40. The van der Waals surface area contributed by atoms with Crippen molar-refractivity contribution in [2.24, 2.45) is 0 Å². The summed E-state index contributed by atoms with van der Waals surface area (Å²) in [6.07, 6.45) is 6.74. The van der Waals surface area contributed by atoms with Gasteiger partial charge in [0.15, 0.2) is 0 Å². The van der Waals surface area contributed by atoms with Crippen molar-refractivity contribution >= 4 is 0 Å². The lowest BCUT2D eigenvalue weighted by atomic mass is 9.98. The molecule has 1 N–H and O–H groups in total. The lowest BCUT2D eigenvalue weighted by Gasteiger charge is -2.22. The third-order valence-corrected chi connectivity index (χ3v) is 2.73. The second-order valence-electron chi connectivity index (χ2n) is 3.65. The first-order valence-electron chi connectivity index (χ1n) is 4.84. The Hall–Kier alpha value is -1.16. The minimum atomic E-state index is -0.820. The van der Waals surface area contributed by atoms with Crippen molar-refractivity contribution in [2.45, 2.75) is 31.3 Å². The van der Waals surface area contributed by atoms with E-state index in [1.807, 2.05) is 0 Å². The van der Waals surface area contributed by atoms with Crippen LogP contribution < -0.4 is 4.74 Å². The van der Waals surface area contributed by atoms with Crippen LogP contribution in [0, 0.1) is 0 Å². The molecule has 0 spiro atoms. The summed E-state index contributed by atoms with van der Waals surface area (Å²) in [5.41, 5.74) is -0.237. The molecule has 1 aliphatic rings. The topological polar surface area (TPSA) is 55.2 Å². The molecule has 4 heteroatoms. The van der Waals surface area contributed by atoms with Crippen molar-refractivity contribution < 1.29 is 9.84 Å². The lowest BCUT2D eigenvalue weighted by molar-refractivity contribution is 0.0365. The van der Waals surface area contributed by atoms with Crippen molar-refractivity contribution in [1.82, 2.24) is 9.97 Å². The highest BCUT2D eigenvalue weighted by atomic mass is 16.5. The Bertz CT molecular complexity index is 322. The SMILES string of the molecule is COc1nccnc1C1(O)CCCC1. The van der Waals surface area contributed by atoms with E-state index in [2.05, 4.69) is 9.97 Å². The second kappa shape index (κ2) is 3.53. The summed E-state index contributed by atoms with van der Waals surface area (Å²) in [6.45, 7) is 0. The van der Waals surface area contributed by atoms with E-state index in [9.17, 15) is 5.11 Å². The molecule has 4 nitrogen and oxygen atoms in total. The van der Waals surface area contributed by atoms with Gasteiger partial charge in [-0.1, -0.05) is 12.8 Å². The smallest absolute Gasteiger partial charge is 0.238 e. The predicted octanol–water partition coefficient (Wildman–Crippen LogP) is 1.25. The highest BCUT2D eigenvalue weighted by Gasteiger charge is 2.37. The molecule has 0 bridgehead atoms. The van der Waals surface area contributed by atoms with E-state index in [1.165, 1.54) is 0 Å². The molecule has 76 valence electrons. The van der Waals surface area contributed by atoms with E-state index in [0.29, 0.717) is 11.6 Å². The third-order valence-electron chi connectivity index (χ3n) is 2.73. The molecule has 0 amide bonds. The van der Waals surface area contributed by atoms with Gasteiger partial charge >= 0.3 is 0 Å². The second-order valence-corrected chi connectivity index (χ2v) is 3.65. The minimum Gasteiger partial charge on any atom is -0.480 e. The molecule has 1 heterocycles. The summed E-state index contributed by atoms with van der Waals surface area (Å²) in [5, 5.41) is 10.3. The fourth-order valence-electron chi connectivity index (χ4n) is 1.99. The maximum absolute atomic E-state index is 10.3. The minimum absolute atomic E-state index is 0.442. The maximum Gasteiger partial charge on any atom is 0.238 e. The number of rotatable bonds is 2. The Balaban J connectivity index is 2.39. The Labute approximate surface area is 83.0 Å². The van der Waals surface area contributed by atoms with Crippen LogP contribution in [0.3, 0.4) is 0 Å². The van der Waals surface area contributed by atoms with Crippen molar-refractivity contribution in [3.8, 4) is 5.88 Å². The first-order valence-corrected chi connectivity index (χ1v) is 4.84. The van der Waals surface area contributed by atoms with Crippen molar-refractivity contribution in [3.63, 3.8) is 0 Å². The summed E-state index contributed by atoms with van der Waals surface area (Å²) in [7, 11) is 1.55. The van der Waals surface area contributed by atoms with E-state index in [4.69, 9.17) is 4.74 Å². The van der Waals surface area contributed by atoms with Crippen LogP contribution in [-0.2, 0) is 5.60 Å². The number of nitrogens with zero attached hydrogens (tertiary/aromatic N) is 2. The standard InChI is InChI=1S/C10H14N2O2/c1-14-9-8(11-6-7-12-9)10(13)4-2-3-5-10/h6-7,13H,2-5H2,1H3. The zero-order valence-electron chi connectivity index (χ0n) is 8.23. The Morgan fingerprint density at radius 2 is 1.93 bits per heavy atom. The van der Waals surface area contributed by atoms with Crippen LogP contribution >= 0.6 is 0 Å². The predicted molar refractivity (Wildman–Crippen MR) is 50.9 cm³/mol. The van der Waals surface area contributed by atoms with Crippen molar-refractivity contribution in [1.29, 1.82) is 0 Å². The summed E-state index contributed by atoms with van der Waals surface area (Å²) in [6, 6.07) is 0. The molecule has 14 heavy (non-hydrogen) atoms. The van der Waals surface area contributed by atoms with Crippen LogP contribution in [0.15, 0.2) is 12.4 Å². The normalized spacial score (nSPS) is 19.6. The van der Waals surface area contributed by atoms with Gasteiger partial charge in [0.1, 0.15) is 11.3 Å². The summed E-state index contributed by atoms with van der Waals surface area (Å²) in [5.74, 6) is 0.442. The molecule has 0 aliphatic heterocycles. The van der Waals surface area contributed by atoms with E-state index >= 15 is 0 Å².